The molecule has 1 fully saturated rings. The number of carbonyl (C=O) groups is 1. The second-order valence-electron chi connectivity index (χ2n) is 8.10. The fourth-order valence-corrected chi connectivity index (χ4v) is 7.82. The van der Waals surface area contributed by atoms with Gasteiger partial charge in [0.05, 0.1) is 17.6 Å². The number of anilines is 1. The number of rotatable bonds is 4. The maximum Gasteiger partial charge on any atom is 0.219 e. The maximum absolute atomic E-state index is 13.1. The lowest BCUT2D eigenvalue weighted by atomic mass is 9.76. The number of allylic oxidation sites excluding steroid dienone is 3. The molecule has 2 aromatic rings. The van der Waals surface area contributed by atoms with Gasteiger partial charge in [-0.15, -0.1) is 10.2 Å². The SMILES string of the molecule is N#CC1=C(N)N(c2nnc(SC3CCCCC3)s2)C2=C(C(=O)CCC2)C1c1ccsc1. The first-order chi connectivity index (χ1) is 15.2. The molecule has 0 bridgehead atoms. The van der Waals surface area contributed by atoms with Crippen molar-refractivity contribution in [1.82, 2.24) is 10.2 Å². The van der Waals surface area contributed by atoms with E-state index in [1.807, 2.05) is 21.7 Å². The zero-order chi connectivity index (χ0) is 21.4. The molecule has 6 nitrogen and oxygen atoms in total. The molecule has 1 saturated carbocycles. The Morgan fingerprint density at radius 1 is 1.19 bits per heavy atom. The third-order valence-electron chi connectivity index (χ3n) is 6.20. The van der Waals surface area contributed by atoms with Gasteiger partial charge < -0.3 is 5.73 Å². The average Bonchev–Trinajstić information content (AvgIpc) is 3.46. The van der Waals surface area contributed by atoms with E-state index < -0.39 is 0 Å². The molecular weight excluding hydrogens is 446 g/mol. The van der Waals surface area contributed by atoms with E-state index in [9.17, 15) is 10.1 Å². The summed E-state index contributed by atoms with van der Waals surface area (Å²) in [6.07, 6.45) is 8.34. The number of hydrogen-bond donors (Lipinski definition) is 1. The van der Waals surface area contributed by atoms with E-state index in [4.69, 9.17) is 5.73 Å². The molecule has 3 heterocycles. The number of hydrogen-bond acceptors (Lipinski definition) is 9. The first-order valence-electron chi connectivity index (χ1n) is 10.7. The highest BCUT2D eigenvalue weighted by Crippen LogP contribution is 2.47. The van der Waals surface area contributed by atoms with E-state index in [0.29, 0.717) is 33.8 Å². The topological polar surface area (TPSA) is 95.9 Å². The van der Waals surface area contributed by atoms with Crippen molar-refractivity contribution in [3.05, 3.63) is 45.1 Å². The Kier molecular flexibility index (Phi) is 5.87. The van der Waals surface area contributed by atoms with Crippen molar-refractivity contribution in [2.45, 2.75) is 66.9 Å². The zero-order valence-corrected chi connectivity index (χ0v) is 19.5. The van der Waals surface area contributed by atoms with Crippen LogP contribution in [0.15, 0.2) is 43.8 Å². The van der Waals surface area contributed by atoms with Gasteiger partial charge in [0.2, 0.25) is 5.13 Å². The van der Waals surface area contributed by atoms with Crippen LogP contribution in [0, 0.1) is 11.3 Å². The predicted molar refractivity (Wildman–Crippen MR) is 125 cm³/mol. The highest BCUT2D eigenvalue weighted by Gasteiger charge is 2.41. The largest absolute Gasteiger partial charge is 0.384 e. The molecule has 1 unspecified atom stereocenters. The summed E-state index contributed by atoms with van der Waals surface area (Å²) < 4.78 is 0.928. The number of thiophene rings is 1. The molecule has 0 saturated heterocycles. The van der Waals surface area contributed by atoms with Gasteiger partial charge in [-0.1, -0.05) is 42.4 Å². The molecule has 0 radical (unpaired) electrons. The van der Waals surface area contributed by atoms with Crippen molar-refractivity contribution in [1.29, 1.82) is 5.26 Å². The molecule has 0 spiro atoms. The smallest absolute Gasteiger partial charge is 0.219 e. The van der Waals surface area contributed by atoms with Crippen molar-refractivity contribution < 1.29 is 4.79 Å². The summed E-state index contributed by atoms with van der Waals surface area (Å²) >= 11 is 4.87. The molecule has 9 heteroatoms. The zero-order valence-electron chi connectivity index (χ0n) is 17.0. The number of thioether (sulfide) groups is 1. The van der Waals surface area contributed by atoms with E-state index in [-0.39, 0.29) is 11.7 Å². The lowest BCUT2D eigenvalue weighted by Crippen LogP contribution is -2.38. The molecule has 1 atom stereocenters. The number of nitrogens with two attached hydrogens (primary N) is 1. The molecule has 2 aromatic heterocycles. The molecule has 160 valence electrons. The van der Waals surface area contributed by atoms with Gasteiger partial charge in [0.15, 0.2) is 10.1 Å². The minimum atomic E-state index is -0.390. The Bertz CT molecular complexity index is 1090. The van der Waals surface area contributed by atoms with Crippen LogP contribution in [-0.2, 0) is 4.79 Å². The summed E-state index contributed by atoms with van der Waals surface area (Å²) in [6.45, 7) is 0. The minimum Gasteiger partial charge on any atom is -0.384 e. The predicted octanol–water partition coefficient (Wildman–Crippen LogP) is 5.33. The lowest BCUT2D eigenvalue weighted by molar-refractivity contribution is -0.116. The van der Waals surface area contributed by atoms with Crippen LogP contribution in [0.2, 0.25) is 0 Å². The molecule has 31 heavy (non-hydrogen) atoms. The van der Waals surface area contributed by atoms with Gasteiger partial charge in [0, 0.05) is 22.9 Å². The van der Waals surface area contributed by atoms with Crippen molar-refractivity contribution >= 4 is 45.4 Å². The fourth-order valence-electron chi connectivity index (χ4n) is 4.74. The summed E-state index contributed by atoms with van der Waals surface area (Å²) in [6, 6.07) is 4.28. The monoisotopic (exact) mass is 469 g/mol. The average molecular weight is 470 g/mol. The Morgan fingerprint density at radius 3 is 2.77 bits per heavy atom. The van der Waals surface area contributed by atoms with Gasteiger partial charge in [-0.05, 0) is 48.1 Å². The van der Waals surface area contributed by atoms with Gasteiger partial charge in [0.1, 0.15) is 5.82 Å². The van der Waals surface area contributed by atoms with E-state index in [1.54, 1.807) is 23.1 Å². The van der Waals surface area contributed by atoms with Crippen LogP contribution in [-0.4, -0.2) is 21.2 Å². The van der Waals surface area contributed by atoms with Crippen LogP contribution < -0.4 is 10.6 Å². The molecule has 0 amide bonds. The van der Waals surface area contributed by atoms with Crippen LogP contribution in [0.25, 0.3) is 0 Å². The van der Waals surface area contributed by atoms with Gasteiger partial charge in [-0.3, -0.25) is 9.69 Å². The summed E-state index contributed by atoms with van der Waals surface area (Å²) in [5.74, 6) is 0.0841. The Hall–Kier alpha value is -2.15. The number of nitriles is 1. The second kappa shape index (κ2) is 8.77. The molecule has 2 aliphatic carbocycles. The van der Waals surface area contributed by atoms with Crippen molar-refractivity contribution in [2.75, 3.05) is 4.90 Å². The Labute approximate surface area is 193 Å². The second-order valence-corrected chi connectivity index (χ2v) is 11.4. The van der Waals surface area contributed by atoms with Crippen LogP contribution in [0.3, 0.4) is 0 Å². The van der Waals surface area contributed by atoms with E-state index in [2.05, 4.69) is 16.3 Å². The number of aromatic nitrogens is 2. The maximum atomic E-state index is 13.1. The third-order valence-corrected chi connectivity index (χ3v) is 9.23. The minimum absolute atomic E-state index is 0.101. The quantitative estimate of drug-likeness (QED) is 0.646. The summed E-state index contributed by atoms with van der Waals surface area (Å²) in [5, 5.41) is 24.1. The van der Waals surface area contributed by atoms with E-state index in [0.717, 1.165) is 28.4 Å². The Balaban J connectivity index is 1.55. The highest BCUT2D eigenvalue weighted by molar-refractivity contribution is 8.01. The summed E-state index contributed by atoms with van der Waals surface area (Å²) in [4.78, 5) is 14.9. The van der Waals surface area contributed by atoms with Crippen molar-refractivity contribution in [3.63, 3.8) is 0 Å². The molecular formula is C22H23N5OS3. The third kappa shape index (κ3) is 3.81. The number of Topliss-reactive ketones (excluding diaryl/α,β-unsaturated/α-hetero) is 1. The van der Waals surface area contributed by atoms with Gasteiger partial charge in [0.25, 0.3) is 0 Å². The lowest BCUT2D eigenvalue weighted by Gasteiger charge is -2.37. The van der Waals surface area contributed by atoms with Crippen LogP contribution in [0.1, 0.15) is 62.8 Å². The molecule has 0 aromatic carbocycles. The Morgan fingerprint density at radius 2 is 2.03 bits per heavy atom. The molecule has 3 aliphatic rings. The van der Waals surface area contributed by atoms with Crippen LogP contribution >= 0.6 is 34.4 Å². The van der Waals surface area contributed by atoms with Gasteiger partial charge in [-0.25, -0.2) is 0 Å². The summed E-state index contributed by atoms with van der Waals surface area (Å²) in [7, 11) is 0. The van der Waals surface area contributed by atoms with Gasteiger partial charge >= 0.3 is 0 Å². The van der Waals surface area contributed by atoms with Crippen LogP contribution in [0.5, 0.6) is 0 Å². The number of ketones is 1. The van der Waals surface area contributed by atoms with E-state index in [1.165, 1.54) is 43.4 Å². The standard InChI is InChI=1S/C22H23N5OS3/c23-11-15-18(13-9-10-29-12-13)19-16(7-4-8-17(19)28)27(20(15)24)21-25-26-22(31-21)30-14-5-2-1-3-6-14/h9-10,12,14,18H,1-8,24H2. The highest BCUT2D eigenvalue weighted by atomic mass is 32.2. The van der Waals surface area contributed by atoms with Crippen LogP contribution in [0.4, 0.5) is 5.13 Å². The van der Waals surface area contributed by atoms with Crippen molar-refractivity contribution in [2.24, 2.45) is 5.73 Å². The normalized spacial score (nSPS) is 22.6. The molecule has 5 rings (SSSR count). The van der Waals surface area contributed by atoms with E-state index >= 15 is 0 Å². The molecule has 1 aliphatic heterocycles. The number of carbonyl (C=O) groups excluding carboxylic acids is 1. The first kappa shape index (κ1) is 20.7. The number of nitrogens with zero attached hydrogens (tertiary/aromatic N) is 4. The van der Waals surface area contributed by atoms with Crippen molar-refractivity contribution in [3.8, 4) is 6.07 Å². The molecule has 2 N–H and O–H groups in total. The first-order valence-corrected chi connectivity index (χ1v) is 13.3. The fraction of sp³-hybridized carbons (Fsp3) is 0.455. The van der Waals surface area contributed by atoms with Gasteiger partial charge in [-0.2, -0.15) is 16.6 Å². The summed E-state index contributed by atoms with van der Waals surface area (Å²) in [5.41, 5.74) is 9.54.